The van der Waals surface area contributed by atoms with Gasteiger partial charge in [0.1, 0.15) is 4.87 Å². The Kier molecular flexibility index (Phi) is 2.40. The fourth-order valence-electron chi connectivity index (χ4n) is 1.39. The molecule has 2 N–H and O–H groups in total. The number of halogens is 1. The van der Waals surface area contributed by atoms with Crippen molar-refractivity contribution in [2.45, 2.75) is 36.7 Å². The van der Waals surface area contributed by atoms with E-state index in [0.29, 0.717) is 19.3 Å². The Morgan fingerprint density at radius 2 is 2.27 bits per heavy atom. The van der Waals surface area contributed by atoms with Gasteiger partial charge in [-0.3, -0.25) is 4.79 Å². The lowest BCUT2D eigenvalue weighted by Crippen LogP contribution is -2.39. The Balaban J connectivity index is 2.63. The third-order valence-corrected chi connectivity index (χ3v) is 2.56. The molecule has 0 aromatic heterocycles. The fraction of sp³-hybridized carbons (Fsp3) is 0.857. The van der Waals surface area contributed by atoms with Crippen LogP contribution in [0.2, 0.25) is 0 Å². The first-order valence-electron chi connectivity index (χ1n) is 3.65. The van der Waals surface area contributed by atoms with Gasteiger partial charge in [-0.2, -0.15) is 0 Å². The van der Waals surface area contributed by atoms with Gasteiger partial charge in [0.25, 0.3) is 0 Å². The topological polar surface area (TPSA) is 57.5 Å². The molecule has 1 saturated carbocycles. The van der Waals surface area contributed by atoms with Crippen molar-refractivity contribution in [1.29, 1.82) is 0 Å². The molecule has 2 unspecified atom stereocenters. The third-order valence-electron chi connectivity index (χ3n) is 2.05. The summed E-state index contributed by atoms with van der Waals surface area (Å²) in [6.45, 7) is 0. The summed E-state index contributed by atoms with van der Waals surface area (Å²) in [5, 5.41) is 17.8. The zero-order valence-electron chi connectivity index (χ0n) is 6.09. The molecule has 0 saturated heterocycles. The molecule has 0 bridgehead atoms. The number of hydrogen-bond donors (Lipinski definition) is 2. The van der Waals surface area contributed by atoms with Gasteiger partial charge in [0.05, 0.1) is 6.10 Å². The van der Waals surface area contributed by atoms with Crippen LogP contribution in [0, 0.1) is 0 Å². The number of aliphatic hydroxyl groups is 1. The minimum atomic E-state index is -1.21. The average molecular weight is 179 g/mol. The molecule has 0 aromatic carbocycles. The van der Waals surface area contributed by atoms with Gasteiger partial charge < -0.3 is 10.2 Å². The second kappa shape index (κ2) is 2.99. The van der Waals surface area contributed by atoms with Gasteiger partial charge in [-0.1, -0.05) is 0 Å². The molecule has 1 aliphatic carbocycles. The van der Waals surface area contributed by atoms with Crippen molar-refractivity contribution >= 4 is 17.6 Å². The Morgan fingerprint density at radius 3 is 2.64 bits per heavy atom. The van der Waals surface area contributed by atoms with E-state index in [1.807, 2.05) is 0 Å². The lowest BCUT2D eigenvalue weighted by molar-refractivity contribution is -0.142. The van der Waals surface area contributed by atoms with Gasteiger partial charge in [-0.25, -0.2) is 0 Å². The summed E-state index contributed by atoms with van der Waals surface area (Å²) in [6, 6.07) is 0. The highest BCUT2D eigenvalue weighted by Crippen LogP contribution is 2.34. The van der Waals surface area contributed by atoms with E-state index < -0.39 is 16.9 Å². The molecule has 3 nitrogen and oxygen atoms in total. The van der Waals surface area contributed by atoms with E-state index in [1.54, 1.807) is 0 Å². The molecular formula is C7H11ClO3. The standard InChI is InChI=1S/C7H11ClO3/c8-7(6(10)11)3-1-2-5(9)4-7/h5,9H,1-4H2,(H,10,11). The monoisotopic (exact) mass is 178 g/mol. The first-order chi connectivity index (χ1) is 5.04. The number of aliphatic carboxylic acids is 1. The van der Waals surface area contributed by atoms with Crippen molar-refractivity contribution in [1.82, 2.24) is 0 Å². The largest absolute Gasteiger partial charge is 0.480 e. The highest BCUT2D eigenvalue weighted by Gasteiger charge is 2.40. The molecule has 4 heteroatoms. The Labute approximate surface area is 70.0 Å². The number of rotatable bonds is 1. The number of carboxylic acids is 1. The highest BCUT2D eigenvalue weighted by atomic mass is 35.5. The van der Waals surface area contributed by atoms with Crippen LogP contribution in [-0.4, -0.2) is 27.2 Å². The Hall–Kier alpha value is -0.280. The zero-order valence-corrected chi connectivity index (χ0v) is 6.84. The van der Waals surface area contributed by atoms with E-state index >= 15 is 0 Å². The fourth-order valence-corrected chi connectivity index (χ4v) is 1.70. The molecule has 1 rings (SSSR count). The van der Waals surface area contributed by atoms with E-state index in [4.69, 9.17) is 21.8 Å². The van der Waals surface area contributed by atoms with Crippen LogP contribution in [0.4, 0.5) is 0 Å². The summed E-state index contributed by atoms with van der Waals surface area (Å²) in [5.41, 5.74) is 0. The van der Waals surface area contributed by atoms with Crippen LogP contribution in [0.25, 0.3) is 0 Å². The van der Waals surface area contributed by atoms with Crippen molar-refractivity contribution in [2.24, 2.45) is 0 Å². The third kappa shape index (κ3) is 1.84. The normalized spacial score (nSPS) is 38.5. The minimum absolute atomic E-state index is 0.171. The van der Waals surface area contributed by atoms with Crippen molar-refractivity contribution in [3.63, 3.8) is 0 Å². The van der Waals surface area contributed by atoms with Crippen molar-refractivity contribution in [3.05, 3.63) is 0 Å². The number of carboxylic acid groups (broad SMARTS) is 1. The molecule has 1 aliphatic rings. The first-order valence-corrected chi connectivity index (χ1v) is 4.03. The minimum Gasteiger partial charge on any atom is -0.480 e. The maximum absolute atomic E-state index is 10.6. The van der Waals surface area contributed by atoms with Crippen molar-refractivity contribution in [2.75, 3.05) is 0 Å². The molecule has 11 heavy (non-hydrogen) atoms. The number of hydrogen-bond acceptors (Lipinski definition) is 2. The number of aliphatic hydroxyl groups excluding tert-OH is 1. The molecular weight excluding hydrogens is 168 g/mol. The lowest BCUT2D eigenvalue weighted by Gasteiger charge is -2.29. The maximum atomic E-state index is 10.6. The average Bonchev–Trinajstić information content (AvgIpc) is 1.86. The Morgan fingerprint density at radius 1 is 1.64 bits per heavy atom. The Bertz CT molecular complexity index is 171. The van der Waals surface area contributed by atoms with Crippen LogP contribution in [0.15, 0.2) is 0 Å². The summed E-state index contributed by atoms with van der Waals surface area (Å²) >= 11 is 5.75. The predicted molar refractivity (Wildman–Crippen MR) is 40.7 cm³/mol. The van der Waals surface area contributed by atoms with Crippen LogP contribution in [-0.2, 0) is 4.79 Å². The number of carbonyl (C=O) groups is 1. The van der Waals surface area contributed by atoms with Crippen LogP contribution in [0.3, 0.4) is 0 Å². The summed E-state index contributed by atoms with van der Waals surface area (Å²) in [4.78, 5) is 9.37. The zero-order chi connectivity index (χ0) is 8.48. The molecule has 0 aliphatic heterocycles. The van der Waals surface area contributed by atoms with Gasteiger partial charge in [0, 0.05) is 6.42 Å². The lowest BCUT2D eigenvalue weighted by atomic mass is 9.86. The quantitative estimate of drug-likeness (QED) is 0.589. The van der Waals surface area contributed by atoms with Crippen molar-refractivity contribution < 1.29 is 15.0 Å². The first kappa shape index (κ1) is 8.81. The maximum Gasteiger partial charge on any atom is 0.324 e. The van der Waals surface area contributed by atoms with Gasteiger partial charge in [-0.05, 0) is 19.3 Å². The summed E-state index contributed by atoms with van der Waals surface area (Å²) < 4.78 is 0. The van der Waals surface area contributed by atoms with Gasteiger partial charge in [0.2, 0.25) is 0 Å². The SMILES string of the molecule is O=C(O)C1(Cl)CCCC(O)C1. The highest BCUT2D eigenvalue weighted by molar-refractivity contribution is 6.33. The van der Waals surface area contributed by atoms with E-state index in [-0.39, 0.29) is 6.42 Å². The van der Waals surface area contributed by atoms with Crippen LogP contribution in [0.1, 0.15) is 25.7 Å². The summed E-state index contributed by atoms with van der Waals surface area (Å²) in [5.74, 6) is -1.02. The molecule has 0 amide bonds. The second-order valence-corrected chi connectivity index (χ2v) is 3.74. The molecule has 64 valence electrons. The van der Waals surface area contributed by atoms with E-state index in [1.165, 1.54) is 0 Å². The van der Waals surface area contributed by atoms with Gasteiger partial charge in [0.15, 0.2) is 0 Å². The molecule has 1 fully saturated rings. The van der Waals surface area contributed by atoms with Crippen molar-refractivity contribution in [3.8, 4) is 0 Å². The predicted octanol–water partition coefficient (Wildman–Crippen LogP) is 0.983. The van der Waals surface area contributed by atoms with Crippen LogP contribution >= 0.6 is 11.6 Å². The van der Waals surface area contributed by atoms with Gasteiger partial charge in [-0.15, -0.1) is 11.6 Å². The summed E-state index contributed by atoms with van der Waals surface area (Å²) in [6.07, 6.45) is 1.45. The number of alkyl halides is 1. The van der Waals surface area contributed by atoms with E-state index in [9.17, 15) is 4.79 Å². The molecule has 0 heterocycles. The molecule has 2 atom stereocenters. The van der Waals surface area contributed by atoms with Crippen LogP contribution in [0.5, 0.6) is 0 Å². The molecule has 0 spiro atoms. The summed E-state index contributed by atoms with van der Waals surface area (Å²) in [7, 11) is 0. The van der Waals surface area contributed by atoms with Crippen LogP contribution < -0.4 is 0 Å². The molecule has 0 aromatic rings. The van der Waals surface area contributed by atoms with Gasteiger partial charge >= 0.3 is 5.97 Å². The molecule has 0 radical (unpaired) electrons. The van der Waals surface area contributed by atoms with E-state index in [0.717, 1.165) is 0 Å². The van der Waals surface area contributed by atoms with E-state index in [2.05, 4.69) is 0 Å². The second-order valence-electron chi connectivity index (χ2n) is 3.02. The smallest absolute Gasteiger partial charge is 0.324 e.